The van der Waals surface area contributed by atoms with Gasteiger partial charge < -0.3 is 20.1 Å². The minimum Gasteiger partial charge on any atom is -0.450 e. The number of carbonyl (C=O) groups is 1. The van der Waals surface area contributed by atoms with E-state index < -0.39 is 18.4 Å². The number of aliphatic hydroxyl groups is 3. The molecular formula is C4H9NO5. The normalized spacial score (nSPS) is 11.2. The zero-order valence-electron chi connectivity index (χ0n) is 5.15. The van der Waals surface area contributed by atoms with Crippen molar-refractivity contribution in [2.45, 2.75) is 12.4 Å². The van der Waals surface area contributed by atoms with E-state index in [1.54, 1.807) is 0 Å². The summed E-state index contributed by atoms with van der Waals surface area (Å²) in [5, 5.41) is 24.6. The topological polar surface area (TPSA) is 113 Å². The Kier molecular flexibility index (Phi) is 3.23. The maximum atomic E-state index is 10.3. The third kappa shape index (κ3) is 5.45. The van der Waals surface area contributed by atoms with E-state index in [1.165, 1.54) is 0 Å². The summed E-state index contributed by atoms with van der Waals surface area (Å²) < 4.78 is 4.08. The van der Waals surface area contributed by atoms with Crippen molar-refractivity contribution in [3.8, 4) is 0 Å². The van der Waals surface area contributed by atoms with Crippen molar-refractivity contribution in [2.24, 2.45) is 5.73 Å². The molecule has 5 N–H and O–H groups in total. The second kappa shape index (κ2) is 3.47. The summed E-state index contributed by atoms with van der Waals surface area (Å²) in [5.41, 5.74) is 4.76. The van der Waals surface area contributed by atoms with Gasteiger partial charge in [0.2, 0.25) is 0 Å². The summed E-state index contributed by atoms with van der Waals surface area (Å²) in [5.74, 6) is -3.98. The molecule has 0 aromatic heterocycles. The first-order chi connectivity index (χ1) is 4.45. The second-order valence-electron chi connectivity index (χ2n) is 1.63. The summed E-state index contributed by atoms with van der Waals surface area (Å²) >= 11 is 0. The molecule has 0 bridgehead atoms. The Balaban J connectivity index is 3.58. The summed E-state index contributed by atoms with van der Waals surface area (Å²) in [6.07, 6.45) is -0.913. The van der Waals surface area contributed by atoms with Crippen molar-refractivity contribution in [2.75, 3.05) is 6.73 Å². The van der Waals surface area contributed by atoms with Gasteiger partial charge in [-0.2, -0.15) is 0 Å². The number of esters is 1. The maximum Gasteiger partial charge on any atom is 0.315 e. The van der Waals surface area contributed by atoms with Crippen LogP contribution in [0, 0.1) is 0 Å². The van der Waals surface area contributed by atoms with Gasteiger partial charge in [0.15, 0.2) is 0 Å². The van der Waals surface area contributed by atoms with Crippen LogP contribution in [0.2, 0.25) is 0 Å². The Hall–Kier alpha value is -0.690. The lowest BCUT2D eigenvalue weighted by molar-refractivity contribution is -0.312. The number of rotatable bonds is 3. The number of hydrogen-bond donors (Lipinski definition) is 4. The van der Waals surface area contributed by atoms with Crippen molar-refractivity contribution in [3.63, 3.8) is 0 Å². The lowest BCUT2D eigenvalue weighted by atomic mass is 10.4. The first-order valence-corrected chi connectivity index (χ1v) is 2.48. The van der Waals surface area contributed by atoms with Gasteiger partial charge in [0.25, 0.3) is 5.97 Å². The van der Waals surface area contributed by atoms with Crippen LogP contribution in [0.4, 0.5) is 0 Å². The molecule has 0 saturated heterocycles. The van der Waals surface area contributed by atoms with Crippen LogP contribution in [-0.2, 0) is 9.53 Å². The van der Waals surface area contributed by atoms with Gasteiger partial charge in [-0.3, -0.25) is 10.5 Å². The predicted octanol–water partition coefficient (Wildman–Crippen LogP) is -2.53. The van der Waals surface area contributed by atoms with Crippen LogP contribution in [0.15, 0.2) is 0 Å². The van der Waals surface area contributed by atoms with E-state index >= 15 is 0 Å². The SMILES string of the molecule is NCOC(=O)CC(O)(O)O. The molecule has 0 fully saturated rings. The summed E-state index contributed by atoms with van der Waals surface area (Å²) in [6, 6.07) is 0. The molecule has 0 atom stereocenters. The van der Waals surface area contributed by atoms with Crippen molar-refractivity contribution >= 4 is 5.97 Å². The zero-order valence-corrected chi connectivity index (χ0v) is 5.15. The van der Waals surface area contributed by atoms with Crippen LogP contribution in [0.1, 0.15) is 6.42 Å². The predicted molar refractivity (Wildman–Crippen MR) is 29.2 cm³/mol. The van der Waals surface area contributed by atoms with Gasteiger partial charge in [0, 0.05) is 0 Å². The molecule has 0 aliphatic heterocycles. The number of hydrogen-bond acceptors (Lipinski definition) is 6. The molecule has 6 nitrogen and oxygen atoms in total. The van der Waals surface area contributed by atoms with Crippen LogP contribution >= 0.6 is 0 Å². The molecule has 0 unspecified atom stereocenters. The number of ether oxygens (including phenoxy) is 1. The average Bonchev–Trinajstić information content (AvgIpc) is 1.59. The highest BCUT2D eigenvalue weighted by molar-refractivity contribution is 5.69. The van der Waals surface area contributed by atoms with Crippen LogP contribution in [0.3, 0.4) is 0 Å². The summed E-state index contributed by atoms with van der Waals surface area (Å²) in [6.45, 7) is -0.352. The lowest BCUT2D eigenvalue weighted by Crippen LogP contribution is -2.31. The molecule has 0 aliphatic rings. The van der Waals surface area contributed by atoms with Crippen molar-refractivity contribution in [1.82, 2.24) is 0 Å². The minimum absolute atomic E-state index is 0.352. The fourth-order valence-corrected chi connectivity index (χ4v) is 0.338. The minimum atomic E-state index is -3.01. The van der Waals surface area contributed by atoms with E-state index in [0.717, 1.165) is 0 Å². The Morgan fingerprint density at radius 1 is 1.50 bits per heavy atom. The molecule has 6 heteroatoms. The highest BCUT2D eigenvalue weighted by Crippen LogP contribution is 2.00. The van der Waals surface area contributed by atoms with E-state index in [9.17, 15) is 4.79 Å². The lowest BCUT2D eigenvalue weighted by Gasteiger charge is -2.11. The van der Waals surface area contributed by atoms with Gasteiger partial charge in [-0.15, -0.1) is 0 Å². The zero-order chi connectivity index (χ0) is 8.20. The van der Waals surface area contributed by atoms with E-state index in [4.69, 9.17) is 21.1 Å². The van der Waals surface area contributed by atoms with E-state index in [2.05, 4.69) is 4.74 Å². The molecule has 60 valence electrons. The van der Waals surface area contributed by atoms with E-state index in [-0.39, 0.29) is 6.73 Å². The smallest absolute Gasteiger partial charge is 0.315 e. The average molecular weight is 151 g/mol. The molecule has 0 aromatic carbocycles. The molecule has 0 saturated carbocycles. The Labute approximate surface area is 56.8 Å². The molecule has 10 heavy (non-hydrogen) atoms. The Morgan fingerprint density at radius 2 is 2.00 bits per heavy atom. The molecule has 0 spiro atoms. The van der Waals surface area contributed by atoms with Gasteiger partial charge >= 0.3 is 5.97 Å². The van der Waals surface area contributed by atoms with Gasteiger partial charge in [-0.25, -0.2) is 0 Å². The summed E-state index contributed by atoms with van der Waals surface area (Å²) in [4.78, 5) is 10.3. The quantitative estimate of drug-likeness (QED) is 0.261. The fourth-order valence-electron chi connectivity index (χ4n) is 0.338. The fraction of sp³-hybridized carbons (Fsp3) is 0.750. The maximum absolute atomic E-state index is 10.3. The molecular weight excluding hydrogens is 142 g/mol. The van der Waals surface area contributed by atoms with E-state index in [0.29, 0.717) is 0 Å². The van der Waals surface area contributed by atoms with Crippen LogP contribution in [0.25, 0.3) is 0 Å². The molecule has 0 amide bonds. The van der Waals surface area contributed by atoms with Crippen molar-refractivity contribution < 1.29 is 24.9 Å². The standard InChI is InChI=1S/C4H9NO5/c5-2-10-3(6)1-4(7,8)9/h7-9H,1-2,5H2. The third-order valence-electron chi connectivity index (χ3n) is 0.626. The van der Waals surface area contributed by atoms with Gasteiger partial charge in [0.05, 0.1) is 0 Å². The van der Waals surface area contributed by atoms with Crippen molar-refractivity contribution in [3.05, 3.63) is 0 Å². The van der Waals surface area contributed by atoms with Crippen LogP contribution < -0.4 is 5.73 Å². The summed E-state index contributed by atoms with van der Waals surface area (Å²) in [7, 11) is 0. The molecule has 0 radical (unpaired) electrons. The molecule has 0 heterocycles. The molecule has 0 rings (SSSR count). The highest BCUT2D eigenvalue weighted by atomic mass is 16.7. The Bertz CT molecular complexity index is 117. The van der Waals surface area contributed by atoms with Crippen LogP contribution in [0.5, 0.6) is 0 Å². The third-order valence-corrected chi connectivity index (χ3v) is 0.626. The highest BCUT2D eigenvalue weighted by Gasteiger charge is 2.23. The number of nitrogens with two attached hydrogens (primary N) is 1. The van der Waals surface area contributed by atoms with Gasteiger partial charge in [-0.05, 0) is 0 Å². The number of carbonyl (C=O) groups excluding carboxylic acids is 1. The van der Waals surface area contributed by atoms with Crippen molar-refractivity contribution in [1.29, 1.82) is 0 Å². The van der Waals surface area contributed by atoms with Gasteiger partial charge in [0.1, 0.15) is 13.2 Å². The molecule has 0 aliphatic carbocycles. The largest absolute Gasteiger partial charge is 0.450 e. The Morgan fingerprint density at radius 3 is 2.30 bits per heavy atom. The van der Waals surface area contributed by atoms with E-state index in [1.807, 2.05) is 0 Å². The monoisotopic (exact) mass is 151 g/mol. The first-order valence-electron chi connectivity index (χ1n) is 2.48. The second-order valence-corrected chi connectivity index (χ2v) is 1.63. The first kappa shape index (κ1) is 9.31. The van der Waals surface area contributed by atoms with Crippen LogP contribution in [-0.4, -0.2) is 34.0 Å². The van der Waals surface area contributed by atoms with Gasteiger partial charge in [-0.1, -0.05) is 0 Å². The molecule has 0 aromatic rings.